The van der Waals surface area contributed by atoms with E-state index in [4.69, 9.17) is 0 Å². The largest absolute Gasteiger partial charge is 0.341 e. The van der Waals surface area contributed by atoms with Gasteiger partial charge in [-0.2, -0.15) is 0 Å². The maximum Gasteiger partial charge on any atom is 0.241 e. The Morgan fingerprint density at radius 3 is 2.33 bits per heavy atom. The summed E-state index contributed by atoms with van der Waals surface area (Å²) in [6.45, 7) is 1.09. The summed E-state index contributed by atoms with van der Waals surface area (Å²) in [5, 5.41) is 0. The van der Waals surface area contributed by atoms with Crippen LogP contribution in [0.1, 0.15) is 30.9 Å². The van der Waals surface area contributed by atoms with Crippen molar-refractivity contribution >= 4 is 31.9 Å². The van der Waals surface area contributed by atoms with Crippen LogP contribution in [0.4, 0.5) is 0 Å². The van der Waals surface area contributed by atoms with Crippen LogP contribution >= 0.6 is 15.9 Å². The summed E-state index contributed by atoms with van der Waals surface area (Å²) < 4.78 is 28.8. The molecule has 2 aliphatic rings. The number of hydrogen-bond acceptors (Lipinski definition) is 5. The molecule has 2 aromatic rings. The SMILES string of the molecule is O=C(C1CC(c2ccc(Br)cc2)NN1)N1CCC(NS(=O)(=O)c2ccccc2)CC1. The molecule has 2 fully saturated rings. The zero-order valence-corrected chi connectivity index (χ0v) is 18.8. The van der Waals surface area contributed by atoms with Gasteiger partial charge in [0.15, 0.2) is 0 Å². The molecule has 2 atom stereocenters. The van der Waals surface area contributed by atoms with Crippen molar-refractivity contribution in [1.29, 1.82) is 0 Å². The molecule has 2 saturated heterocycles. The first-order chi connectivity index (χ1) is 14.4. The van der Waals surface area contributed by atoms with Gasteiger partial charge >= 0.3 is 0 Å². The lowest BCUT2D eigenvalue weighted by atomic mass is 10.00. The van der Waals surface area contributed by atoms with E-state index in [0.717, 1.165) is 10.0 Å². The van der Waals surface area contributed by atoms with Crippen molar-refractivity contribution in [1.82, 2.24) is 20.5 Å². The van der Waals surface area contributed by atoms with Gasteiger partial charge in [-0.05, 0) is 49.1 Å². The van der Waals surface area contributed by atoms with E-state index < -0.39 is 10.0 Å². The number of sulfonamides is 1. The van der Waals surface area contributed by atoms with Crippen molar-refractivity contribution in [2.45, 2.75) is 42.3 Å². The number of hydrazine groups is 1. The van der Waals surface area contributed by atoms with E-state index in [0.29, 0.717) is 32.4 Å². The van der Waals surface area contributed by atoms with Gasteiger partial charge in [-0.15, -0.1) is 0 Å². The zero-order valence-electron chi connectivity index (χ0n) is 16.4. The smallest absolute Gasteiger partial charge is 0.241 e. The first-order valence-corrected chi connectivity index (χ1v) is 12.3. The first-order valence-electron chi connectivity index (χ1n) is 10.0. The third-order valence-corrected chi connectivity index (χ3v) is 7.72. The molecule has 0 saturated carbocycles. The van der Waals surface area contributed by atoms with Crippen LogP contribution in [0.5, 0.6) is 0 Å². The predicted octanol–water partition coefficient (Wildman–Crippen LogP) is 2.33. The summed E-state index contributed by atoms with van der Waals surface area (Å²) in [6.07, 6.45) is 1.89. The van der Waals surface area contributed by atoms with Gasteiger partial charge in [0.25, 0.3) is 0 Å². The predicted molar refractivity (Wildman–Crippen MR) is 118 cm³/mol. The van der Waals surface area contributed by atoms with Crippen molar-refractivity contribution in [2.75, 3.05) is 13.1 Å². The minimum Gasteiger partial charge on any atom is -0.341 e. The minimum absolute atomic E-state index is 0.0616. The third-order valence-electron chi connectivity index (χ3n) is 5.66. The van der Waals surface area contributed by atoms with E-state index in [1.165, 1.54) is 0 Å². The number of halogens is 1. The number of carbonyl (C=O) groups is 1. The molecule has 0 aromatic heterocycles. The second-order valence-electron chi connectivity index (χ2n) is 7.72. The molecular weight excluding hydrogens is 468 g/mol. The van der Waals surface area contributed by atoms with Gasteiger partial charge in [0.05, 0.1) is 4.90 Å². The Morgan fingerprint density at radius 2 is 1.67 bits per heavy atom. The van der Waals surface area contributed by atoms with Crippen LogP contribution in [-0.4, -0.2) is 44.4 Å². The Kier molecular flexibility index (Phi) is 6.54. The maximum atomic E-state index is 12.9. The highest BCUT2D eigenvalue weighted by Gasteiger charge is 2.35. The van der Waals surface area contributed by atoms with Crippen molar-refractivity contribution in [2.24, 2.45) is 0 Å². The maximum absolute atomic E-state index is 12.9. The summed E-state index contributed by atoms with van der Waals surface area (Å²) >= 11 is 3.44. The van der Waals surface area contributed by atoms with Gasteiger partial charge in [-0.1, -0.05) is 46.3 Å². The Bertz CT molecular complexity index is 977. The average Bonchev–Trinajstić information content (AvgIpc) is 3.25. The molecule has 30 heavy (non-hydrogen) atoms. The molecule has 0 aliphatic carbocycles. The van der Waals surface area contributed by atoms with E-state index in [2.05, 4.69) is 31.5 Å². The quantitative estimate of drug-likeness (QED) is 0.595. The summed E-state index contributed by atoms with van der Waals surface area (Å²) in [5.74, 6) is 0.0616. The molecule has 0 spiro atoms. The number of hydrogen-bond donors (Lipinski definition) is 3. The van der Waals surface area contributed by atoms with Crippen LogP contribution in [0.15, 0.2) is 64.0 Å². The van der Waals surface area contributed by atoms with E-state index in [1.807, 2.05) is 29.2 Å². The molecule has 0 radical (unpaired) electrons. The Hall–Kier alpha value is -1.78. The summed E-state index contributed by atoms with van der Waals surface area (Å²) in [4.78, 5) is 15.0. The number of nitrogens with one attached hydrogen (secondary N) is 3. The summed E-state index contributed by atoms with van der Waals surface area (Å²) in [5.41, 5.74) is 7.47. The van der Waals surface area contributed by atoms with E-state index >= 15 is 0 Å². The molecule has 7 nitrogen and oxygen atoms in total. The van der Waals surface area contributed by atoms with E-state index in [1.54, 1.807) is 30.3 Å². The molecule has 2 aromatic carbocycles. The zero-order chi connectivity index (χ0) is 21.1. The minimum atomic E-state index is -3.53. The Labute approximate surface area is 185 Å². The average molecular weight is 493 g/mol. The summed E-state index contributed by atoms with van der Waals surface area (Å²) in [7, 11) is -3.53. The highest BCUT2D eigenvalue weighted by Crippen LogP contribution is 2.25. The monoisotopic (exact) mass is 492 g/mol. The lowest BCUT2D eigenvalue weighted by molar-refractivity contribution is -0.134. The number of benzene rings is 2. The van der Waals surface area contributed by atoms with Crippen LogP contribution in [-0.2, 0) is 14.8 Å². The van der Waals surface area contributed by atoms with Gasteiger partial charge in [-0.25, -0.2) is 24.0 Å². The number of rotatable bonds is 5. The highest BCUT2D eigenvalue weighted by molar-refractivity contribution is 9.10. The normalized spacial score (nSPS) is 22.9. The van der Waals surface area contributed by atoms with Crippen LogP contribution in [0.3, 0.4) is 0 Å². The van der Waals surface area contributed by atoms with Gasteiger partial charge in [-0.3, -0.25) is 4.79 Å². The molecule has 2 unspecified atom stereocenters. The Balaban J connectivity index is 1.29. The van der Waals surface area contributed by atoms with Crippen molar-refractivity contribution < 1.29 is 13.2 Å². The number of likely N-dealkylation sites (tertiary alicyclic amines) is 1. The molecule has 160 valence electrons. The lowest BCUT2D eigenvalue weighted by Gasteiger charge is -2.33. The fourth-order valence-corrected chi connectivity index (χ4v) is 5.55. The number of amides is 1. The summed E-state index contributed by atoms with van der Waals surface area (Å²) in [6, 6.07) is 16.1. The van der Waals surface area contributed by atoms with Gasteiger partial charge in [0, 0.05) is 29.6 Å². The molecule has 2 aliphatic heterocycles. The molecule has 4 rings (SSSR count). The molecule has 1 amide bonds. The van der Waals surface area contributed by atoms with Crippen LogP contribution in [0.25, 0.3) is 0 Å². The fraction of sp³-hybridized carbons (Fsp3) is 0.381. The second-order valence-corrected chi connectivity index (χ2v) is 10.3. The standard InChI is InChI=1S/C21H25BrN4O3S/c22-16-8-6-15(7-9-16)19-14-20(24-23-19)21(27)26-12-10-17(11-13-26)25-30(28,29)18-4-2-1-3-5-18/h1-9,17,19-20,23-25H,10-14H2. The van der Waals surface area contributed by atoms with Crippen molar-refractivity contribution in [3.63, 3.8) is 0 Å². The van der Waals surface area contributed by atoms with Gasteiger partial charge in [0.2, 0.25) is 15.9 Å². The third kappa shape index (κ3) is 4.92. The van der Waals surface area contributed by atoms with Gasteiger partial charge in [0.1, 0.15) is 6.04 Å². The molecule has 0 bridgehead atoms. The van der Waals surface area contributed by atoms with Crippen molar-refractivity contribution in [3.05, 3.63) is 64.6 Å². The van der Waals surface area contributed by atoms with Crippen molar-refractivity contribution in [3.8, 4) is 0 Å². The Morgan fingerprint density at radius 1 is 1.00 bits per heavy atom. The lowest BCUT2D eigenvalue weighted by Crippen LogP contribution is -2.51. The van der Waals surface area contributed by atoms with Gasteiger partial charge < -0.3 is 4.90 Å². The van der Waals surface area contributed by atoms with Crippen LogP contribution in [0.2, 0.25) is 0 Å². The van der Waals surface area contributed by atoms with Crippen LogP contribution in [0, 0.1) is 0 Å². The fourth-order valence-electron chi connectivity index (χ4n) is 3.96. The number of piperidine rings is 1. The van der Waals surface area contributed by atoms with E-state index in [-0.39, 0.29) is 28.9 Å². The molecular formula is C21H25BrN4O3S. The molecule has 2 heterocycles. The number of nitrogens with zero attached hydrogens (tertiary/aromatic N) is 1. The molecule has 3 N–H and O–H groups in total. The first kappa shape index (κ1) is 21.5. The number of carbonyl (C=O) groups excluding carboxylic acids is 1. The van der Waals surface area contributed by atoms with Crippen LogP contribution < -0.4 is 15.6 Å². The highest BCUT2D eigenvalue weighted by atomic mass is 79.9. The second kappa shape index (κ2) is 9.15. The molecule has 9 heteroatoms. The van der Waals surface area contributed by atoms with E-state index in [9.17, 15) is 13.2 Å². The topological polar surface area (TPSA) is 90.5 Å².